The van der Waals surface area contributed by atoms with Gasteiger partial charge in [0.1, 0.15) is 0 Å². The predicted octanol–water partition coefficient (Wildman–Crippen LogP) is 3.61. The summed E-state index contributed by atoms with van der Waals surface area (Å²) in [4.78, 5) is 19.9. The van der Waals surface area contributed by atoms with Crippen LogP contribution in [-0.4, -0.2) is 61.3 Å². The van der Waals surface area contributed by atoms with Crippen molar-refractivity contribution in [2.75, 3.05) is 46.7 Å². The number of anilines is 1. The molecule has 0 aliphatic carbocycles. The zero-order chi connectivity index (χ0) is 23.3. The Balaban J connectivity index is 1.90. The van der Waals surface area contributed by atoms with Crippen LogP contribution in [0.5, 0.6) is 11.5 Å². The number of H-pyrrole nitrogens is 1. The summed E-state index contributed by atoms with van der Waals surface area (Å²) in [5, 5.41) is 4.73. The van der Waals surface area contributed by atoms with Crippen molar-refractivity contribution in [2.24, 2.45) is 0 Å². The van der Waals surface area contributed by atoms with Crippen molar-refractivity contribution in [2.45, 2.75) is 13.5 Å². The molecular weight excluding hydrogens is 424 g/mol. The Kier molecular flexibility index (Phi) is 7.71. The molecule has 0 atom stereocenters. The van der Waals surface area contributed by atoms with Gasteiger partial charge in [0.25, 0.3) is 5.56 Å². The first-order chi connectivity index (χ1) is 15.3. The van der Waals surface area contributed by atoms with Crippen molar-refractivity contribution in [3.05, 3.63) is 63.9 Å². The average molecular weight is 455 g/mol. The third-order valence-corrected chi connectivity index (χ3v) is 5.55. The minimum atomic E-state index is -0.155. The van der Waals surface area contributed by atoms with Gasteiger partial charge in [0.15, 0.2) is 16.6 Å². The van der Waals surface area contributed by atoms with Gasteiger partial charge in [-0.1, -0.05) is 17.7 Å². The van der Waals surface area contributed by atoms with E-state index < -0.39 is 0 Å². The molecule has 2 aromatic carbocycles. The second-order valence-corrected chi connectivity index (χ2v) is 8.33. The third-order valence-electron chi connectivity index (χ3n) is 5.19. The number of methoxy groups -OCH3 is 2. The monoisotopic (exact) mass is 454 g/mol. The number of hydrogen-bond donors (Lipinski definition) is 2. The van der Waals surface area contributed by atoms with E-state index in [1.54, 1.807) is 20.3 Å². The topological polar surface area (TPSA) is 69.8 Å². The van der Waals surface area contributed by atoms with E-state index in [1.807, 2.05) is 62.3 Å². The van der Waals surface area contributed by atoms with Gasteiger partial charge < -0.3 is 29.6 Å². The molecule has 8 heteroatoms. The fraction of sp³-hybridized carbons (Fsp3) is 0.333. The second-order valence-electron chi connectivity index (χ2n) is 7.94. The summed E-state index contributed by atoms with van der Waals surface area (Å²) in [6, 6.07) is 13.6. The molecular formula is C24H30N4O3S. The zero-order valence-corrected chi connectivity index (χ0v) is 20.0. The summed E-state index contributed by atoms with van der Waals surface area (Å²) >= 11 is 5.70. The molecule has 3 aromatic rings. The molecule has 0 radical (unpaired) electrons. The molecule has 0 aliphatic heterocycles. The van der Waals surface area contributed by atoms with E-state index in [-0.39, 0.29) is 5.56 Å². The number of aryl methyl sites for hydroxylation is 1. The van der Waals surface area contributed by atoms with Crippen LogP contribution in [0.25, 0.3) is 10.9 Å². The first-order valence-electron chi connectivity index (χ1n) is 10.4. The molecule has 2 N–H and O–H groups in total. The van der Waals surface area contributed by atoms with E-state index in [4.69, 9.17) is 21.7 Å². The van der Waals surface area contributed by atoms with Crippen LogP contribution in [0.4, 0.5) is 5.69 Å². The Labute approximate surface area is 193 Å². The second kappa shape index (κ2) is 10.5. The van der Waals surface area contributed by atoms with Gasteiger partial charge in [0.05, 0.1) is 26.3 Å². The molecule has 0 aliphatic rings. The molecule has 1 heterocycles. The number of likely N-dealkylation sites (N-methyl/N-ethyl adjacent to an activating group) is 1. The number of fused-ring (bicyclic) bond motifs is 1. The van der Waals surface area contributed by atoms with Gasteiger partial charge in [-0.15, -0.1) is 0 Å². The molecule has 0 saturated heterocycles. The fourth-order valence-corrected chi connectivity index (χ4v) is 3.59. The molecule has 0 unspecified atom stereocenters. The number of rotatable bonds is 8. The van der Waals surface area contributed by atoms with Gasteiger partial charge in [-0.25, -0.2) is 0 Å². The molecule has 3 rings (SSSR count). The quantitative estimate of drug-likeness (QED) is 0.504. The molecule has 0 saturated carbocycles. The largest absolute Gasteiger partial charge is 0.493 e. The zero-order valence-electron chi connectivity index (χ0n) is 19.2. The van der Waals surface area contributed by atoms with E-state index in [0.29, 0.717) is 40.8 Å². The van der Waals surface area contributed by atoms with E-state index in [9.17, 15) is 4.79 Å². The highest BCUT2D eigenvalue weighted by atomic mass is 32.1. The molecule has 0 fully saturated rings. The van der Waals surface area contributed by atoms with Crippen molar-refractivity contribution in [1.82, 2.24) is 14.8 Å². The fourth-order valence-electron chi connectivity index (χ4n) is 3.31. The third kappa shape index (κ3) is 5.77. The van der Waals surface area contributed by atoms with Crippen molar-refractivity contribution in [1.29, 1.82) is 0 Å². The molecule has 170 valence electrons. The van der Waals surface area contributed by atoms with Crippen LogP contribution in [0, 0.1) is 6.92 Å². The van der Waals surface area contributed by atoms with Crippen molar-refractivity contribution >= 4 is 33.9 Å². The summed E-state index contributed by atoms with van der Waals surface area (Å²) in [5.74, 6) is 1.18. The van der Waals surface area contributed by atoms with Crippen molar-refractivity contribution < 1.29 is 9.47 Å². The van der Waals surface area contributed by atoms with Crippen LogP contribution in [0.1, 0.15) is 11.1 Å². The number of nitrogens with one attached hydrogen (secondary N) is 2. The highest BCUT2D eigenvalue weighted by Gasteiger charge is 2.15. The van der Waals surface area contributed by atoms with Crippen molar-refractivity contribution in [3.8, 4) is 11.5 Å². The molecule has 1 aromatic heterocycles. The first kappa shape index (κ1) is 23.6. The lowest BCUT2D eigenvalue weighted by molar-refractivity contribution is 0.327. The summed E-state index contributed by atoms with van der Waals surface area (Å²) in [6.45, 7) is 3.90. The van der Waals surface area contributed by atoms with Crippen LogP contribution < -0.4 is 20.3 Å². The van der Waals surface area contributed by atoms with Gasteiger partial charge in [-0.3, -0.25) is 4.79 Å². The highest BCUT2D eigenvalue weighted by molar-refractivity contribution is 7.80. The number of pyridine rings is 1. The van der Waals surface area contributed by atoms with Crippen LogP contribution in [0.2, 0.25) is 0 Å². The van der Waals surface area contributed by atoms with Gasteiger partial charge in [0, 0.05) is 35.8 Å². The van der Waals surface area contributed by atoms with Gasteiger partial charge in [-0.05, 0) is 57.5 Å². The highest BCUT2D eigenvalue weighted by Crippen LogP contribution is 2.31. The lowest BCUT2D eigenvalue weighted by Crippen LogP contribution is -2.40. The lowest BCUT2D eigenvalue weighted by atomic mass is 10.1. The van der Waals surface area contributed by atoms with Crippen LogP contribution >= 0.6 is 12.2 Å². The van der Waals surface area contributed by atoms with E-state index in [0.717, 1.165) is 17.6 Å². The normalized spacial score (nSPS) is 10.9. The van der Waals surface area contributed by atoms with E-state index >= 15 is 0 Å². The number of ether oxygens (including phenoxy) is 2. The Bertz CT molecular complexity index is 1140. The standard InChI is InChI=1S/C24H30N4O3S/c1-16-6-8-19(9-7-16)25-24(32)28(11-10-27(2)3)15-18-12-17-13-21(30-4)22(31-5)14-20(17)26-23(18)29/h6-9,12-14H,10-11,15H2,1-5H3,(H,25,32)(H,26,29). The SMILES string of the molecule is COc1cc2cc(CN(CCN(C)C)C(=S)Nc3ccc(C)cc3)c(=O)[nH]c2cc1OC. The number of aromatic amines is 1. The summed E-state index contributed by atoms with van der Waals surface area (Å²) in [6.07, 6.45) is 0. The maximum absolute atomic E-state index is 12.9. The van der Waals surface area contributed by atoms with Crippen molar-refractivity contribution in [3.63, 3.8) is 0 Å². The maximum atomic E-state index is 12.9. The minimum absolute atomic E-state index is 0.155. The Morgan fingerprint density at radius 1 is 1.03 bits per heavy atom. The number of benzene rings is 2. The molecule has 0 spiro atoms. The summed E-state index contributed by atoms with van der Waals surface area (Å²) in [7, 11) is 7.18. The van der Waals surface area contributed by atoms with Crippen LogP contribution in [-0.2, 0) is 6.54 Å². The van der Waals surface area contributed by atoms with Gasteiger partial charge >= 0.3 is 0 Å². The number of thiocarbonyl (C=S) groups is 1. The Hall–Kier alpha value is -3.10. The molecule has 7 nitrogen and oxygen atoms in total. The lowest BCUT2D eigenvalue weighted by Gasteiger charge is -2.27. The minimum Gasteiger partial charge on any atom is -0.493 e. The number of aromatic nitrogens is 1. The summed E-state index contributed by atoms with van der Waals surface area (Å²) in [5.41, 5.74) is 3.26. The maximum Gasteiger partial charge on any atom is 0.253 e. The predicted molar refractivity (Wildman–Crippen MR) is 134 cm³/mol. The van der Waals surface area contributed by atoms with E-state index in [2.05, 4.69) is 15.2 Å². The summed E-state index contributed by atoms with van der Waals surface area (Å²) < 4.78 is 10.8. The number of hydrogen-bond acceptors (Lipinski definition) is 5. The Morgan fingerprint density at radius 2 is 1.69 bits per heavy atom. The average Bonchev–Trinajstić information content (AvgIpc) is 2.77. The first-order valence-corrected chi connectivity index (χ1v) is 10.8. The smallest absolute Gasteiger partial charge is 0.253 e. The van der Waals surface area contributed by atoms with Crippen LogP contribution in [0.15, 0.2) is 47.3 Å². The number of nitrogens with zero attached hydrogens (tertiary/aromatic N) is 2. The Morgan fingerprint density at radius 3 is 2.31 bits per heavy atom. The van der Waals surface area contributed by atoms with Gasteiger partial charge in [0.2, 0.25) is 0 Å². The van der Waals surface area contributed by atoms with Gasteiger partial charge in [-0.2, -0.15) is 0 Å². The molecule has 32 heavy (non-hydrogen) atoms. The molecule has 0 amide bonds. The molecule has 0 bridgehead atoms. The van der Waals surface area contributed by atoms with Crippen LogP contribution in [0.3, 0.4) is 0 Å². The van der Waals surface area contributed by atoms with E-state index in [1.165, 1.54) is 5.56 Å².